The first-order valence-corrected chi connectivity index (χ1v) is 7.58. The average Bonchev–Trinajstić information content (AvgIpc) is 3.13. The Bertz CT molecular complexity index is 637. The van der Waals surface area contributed by atoms with Crippen LogP contribution in [0.5, 0.6) is 5.75 Å². The van der Waals surface area contributed by atoms with Crippen LogP contribution in [0.4, 0.5) is 5.69 Å². The van der Waals surface area contributed by atoms with Crippen molar-refractivity contribution in [2.24, 2.45) is 0 Å². The van der Waals surface area contributed by atoms with Crippen LogP contribution in [0.15, 0.2) is 23.1 Å². The number of hydrogen-bond donors (Lipinski definition) is 2. The molecule has 1 aliphatic carbocycles. The number of hydrogen-bond acceptors (Lipinski definition) is 4. The molecule has 0 spiro atoms. The van der Waals surface area contributed by atoms with Crippen LogP contribution >= 0.6 is 0 Å². The second kappa shape index (κ2) is 4.21. The van der Waals surface area contributed by atoms with Crippen LogP contribution in [0, 0.1) is 0 Å². The zero-order valence-corrected chi connectivity index (χ0v) is 11.2. The Labute approximate surface area is 111 Å². The summed E-state index contributed by atoms with van der Waals surface area (Å²) in [7, 11) is -3.50. The third-order valence-electron chi connectivity index (χ3n) is 3.09. The van der Waals surface area contributed by atoms with E-state index in [9.17, 15) is 13.2 Å². The van der Waals surface area contributed by atoms with Gasteiger partial charge in [-0.3, -0.25) is 4.79 Å². The highest BCUT2D eigenvalue weighted by molar-refractivity contribution is 7.89. The summed E-state index contributed by atoms with van der Waals surface area (Å²) in [6.45, 7) is 1.61. The second-order valence-corrected chi connectivity index (χ2v) is 6.52. The fraction of sp³-hybridized carbons (Fsp3) is 0.417. The number of amides is 1. The molecule has 2 N–H and O–H groups in total. The molecule has 1 fully saturated rings. The Morgan fingerprint density at radius 3 is 2.79 bits per heavy atom. The van der Waals surface area contributed by atoms with E-state index < -0.39 is 16.1 Å². The third-order valence-corrected chi connectivity index (χ3v) is 4.61. The van der Waals surface area contributed by atoms with Gasteiger partial charge in [0.05, 0.1) is 10.6 Å². The van der Waals surface area contributed by atoms with Gasteiger partial charge in [-0.25, -0.2) is 13.1 Å². The lowest BCUT2D eigenvalue weighted by Crippen LogP contribution is -2.34. The maximum Gasteiger partial charge on any atom is 0.265 e. The Hall–Kier alpha value is -1.60. The van der Waals surface area contributed by atoms with Gasteiger partial charge in [0.1, 0.15) is 5.75 Å². The first-order chi connectivity index (χ1) is 8.95. The van der Waals surface area contributed by atoms with Gasteiger partial charge in [0.2, 0.25) is 10.0 Å². The van der Waals surface area contributed by atoms with Crippen molar-refractivity contribution >= 4 is 21.6 Å². The molecule has 102 valence electrons. The molecule has 3 rings (SSSR count). The maximum absolute atomic E-state index is 12.1. The molecule has 0 bridgehead atoms. The maximum atomic E-state index is 12.1. The summed E-state index contributed by atoms with van der Waals surface area (Å²) < 4.78 is 32.1. The lowest BCUT2D eigenvalue weighted by molar-refractivity contribution is -0.122. The minimum absolute atomic E-state index is 0.0561. The molecule has 6 nitrogen and oxygen atoms in total. The molecule has 7 heteroatoms. The van der Waals surface area contributed by atoms with Crippen molar-refractivity contribution in [1.29, 1.82) is 0 Å². The number of anilines is 1. The number of carbonyl (C=O) groups is 1. The van der Waals surface area contributed by atoms with Crippen molar-refractivity contribution in [1.82, 2.24) is 4.72 Å². The molecular formula is C12H14N2O4S. The molecule has 0 radical (unpaired) electrons. The molecule has 1 amide bonds. The molecule has 1 heterocycles. The number of rotatable bonds is 3. The molecule has 1 aromatic rings. The van der Waals surface area contributed by atoms with Crippen LogP contribution < -0.4 is 14.8 Å². The van der Waals surface area contributed by atoms with Crippen LogP contribution in [0.1, 0.15) is 19.8 Å². The molecule has 0 saturated heterocycles. The van der Waals surface area contributed by atoms with E-state index in [2.05, 4.69) is 10.0 Å². The van der Waals surface area contributed by atoms with E-state index in [-0.39, 0.29) is 16.8 Å². The van der Waals surface area contributed by atoms with Gasteiger partial charge in [0.25, 0.3) is 5.91 Å². The van der Waals surface area contributed by atoms with E-state index >= 15 is 0 Å². The van der Waals surface area contributed by atoms with Crippen LogP contribution in [0.3, 0.4) is 0 Å². The van der Waals surface area contributed by atoms with E-state index in [0.717, 1.165) is 12.8 Å². The molecule has 1 aliphatic heterocycles. The van der Waals surface area contributed by atoms with E-state index in [0.29, 0.717) is 11.4 Å². The van der Waals surface area contributed by atoms with Gasteiger partial charge in [0, 0.05) is 12.1 Å². The summed E-state index contributed by atoms with van der Waals surface area (Å²) in [5.41, 5.74) is 0.494. The molecule has 0 aromatic heterocycles. The number of sulfonamides is 1. The van der Waals surface area contributed by atoms with Gasteiger partial charge < -0.3 is 10.1 Å². The summed E-state index contributed by atoms with van der Waals surface area (Å²) in [4.78, 5) is 11.6. The largest absolute Gasteiger partial charge is 0.479 e. The topological polar surface area (TPSA) is 84.5 Å². The fourth-order valence-corrected chi connectivity index (χ4v) is 3.16. The SMILES string of the molecule is C[C@H]1Oc2cc(S(=O)(=O)NC3CC3)ccc2NC1=O. The average molecular weight is 282 g/mol. The molecule has 2 aliphatic rings. The van der Waals surface area contributed by atoms with Gasteiger partial charge in [-0.2, -0.15) is 0 Å². The number of benzene rings is 1. The summed E-state index contributed by atoms with van der Waals surface area (Å²) in [5.74, 6) is 0.144. The van der Waals surface area contributed by atoms with Crippen LogP contribution in [0.2, 0.25) is 0 Å². The number of ether oxygens (including phenoxy) is 1. The van der Waals surface area contributed by atoms with E-state index in [1.54, 1.807) is 13.0 Å². The van der Waals surface area contributed by atoms with Crippen molar-refractivity contribution in [3.8, 4) is 5.75 Å². The minimum atomic E-state index is -3.50. The summed E-state index contributed by atoms with van der Waals surface area (Å²) in [6, 6.07) is 4.50. The van der Waals surface area contributed by atoms with E-state index in [1.807, 2.05) is 0 Å². The Kier molecular flexibility index (Phi) is 2.75. The highest BCUT2D eigenvalue weighted by atomic mass is 32.2. The molecule has 1 saturated carbocycles. The quantitative estimate of drug-likeness (QED) is 0.860. The van der Waals surface area contributed by atoms with E-state index in [1.165, 1.54) is 12.1 Å². The predicted molar refractivity (Wildman–Crippen MR) is 68.5 cm³/mol. The van der Waals surface area contributed by atoms with E-state index in [4.69, 9.17) is 4.74 Å². The van der Waals surface area contributed by atoms with Crippen molar-refractivity contribution in [3.63, 3.8) is 0 Å². The standard InChI is InChI=1S/C12H14N2O4S/c1-7-12(15)13-10-5-4-9(6-11(10)18-7)19(16,17)14-8-2-3-8/h4-8,14H,2-3H2,1H3,(H,13,15)/t7-/m1/s1. The first kappa shape index (κ1) is 12.4. The monoisotopic (exact) mass is 282 g/mol. The van der Waals surface area contributed by atoms with Gasteiger partial charge in [0.15, 0.2) is 6.10 Å². The highest BCUT2D eigenvalue weighted by Gasteiger charge is 2.30. The predicted octanol–water partition coefficient (Wildman–Crippen LogP) is 0.847. The van der Waals surface area contributed by atoms with Crippen molar-refractivity contribution < 1.29 is 17.9 Å². The van der Waals surface area contributed by atoms with Crippen LogP contribution in [-0.2, 0) is 14.8 Å². The fourth-order valence-electron chi connectivity index (χ4n) is 1.84. The van der Waals surface area contributed by atoms with Gasteiger partial charge in [-0.15, -0.1) is 0 Å². The minimum Gasteiger partial charge on any atom is -0.479 e. The first-order valence-electron chi connectivity index (χ1n) is 6.09. The second-order valence-electron chi connectivity index (χ2n) is 4.80. The van der Waals surface area contributed by atoms with Crippen molar-refractivity contribution in [2.45, 2.75) is 36.8 Å². The van der Waals surface area contributed by atoms with Crippen LogP contribution in [0.25, 0.3) is 0 Å². The molecule has 0 unspecified atom stereocenters. The number of nitrogens with one attached hydrogen (secondary N) is 2. The Morgan fingerprint density at radius 1 is 1.37 bits per heavy atom. The van der Waals surface area contributed by atoms with Crippen LogP contribution in [-0.4, -0.2) is 26.5 Å². The Morgan fingerprint density at radius 2 is 2.11 bits per heavy atom. The smallest absolute Gasteiger partial charge is 0.265 e. The van der Waals surface area contributed by atoms with Gasteiger partial charge in [-0.1, -0.05) is 0 Å². The Balaban J connectivity index is 1.92. The van der Waals surface area contributed by atoms with Crippen molar-refractivity contribution in [3.05, 3.63) is 18.2 Å². The zero-order valence-electron chi connectivity index (χ0n) is 10.3. The summed E-state index contributed by atoms with van der Waals surface area (Å²) in [5, 5.41) is 2.66. The van der Waals surface area contributed by atoms with Gasteiger partial charge in [-0.05, 0) is 31.9 Å². The lowest BCUT2D eigenvalue weighted by atomic mass is 10.2. The third kappa shape index (κ3) is 2.43. The summed E-state index contributed by atoms with van der Waals surface area (Å²) >= 11 is 0. The normalized spacial score (nSPS) is 22.4. The molecule has 19 heavy (non-hydrogen) atoms. The highest BCUT2D eigenvalue weighted by Crippen LogP contribution is 2.32. The molecule has 1 aromatic carbocycles. The molecule has 1 atom stereocenters. The van der Waals surface area contributed by atoms with Crippen molar-refractivity contribution in [2.75, 3.05) is 5.32 Å². The number of fused-ring (bicyclic) bond motifs is 1. The lowest BCUT2D eigenvalue weighted by Gasteiger charge is -2.23. The molecular weight excluding hydrogens is 268 g/mol. The van der Waals surface area contributed by atoms with Gasteiger partial charge >= 0.3 is 0 Å². The summed E-state index contributed by atoms with van der Waals surface area (Å²) in [6.07, 6.45) is 1.14. The zero-order chi connectivity index (χ0) is 13.6. The number of carbonyl (C=O) groups excluding carboxylic acids is 1.